The second-order valence-electron chi connectivity index (χ2n) is 3.93. The first-order valence-electron chi connectivity index (χ1n) is 5.47. The minimum atomic E-state index is 0.0235. The Bertz CT molecular complexity index is 475. The number of nitrogens with two attached hydrogens (primary N) is 1. The van der Waals surface area contributed by atoms with Crippen molar-refractivity contribution in [1.29, 1.82) is 0 Å². The molecule has 0 aliphatic rings. The molecular weight excluding hydrogens is 252 g/mol. The zero-order valence-corrected chi connectivity index (χ0v) is 11.6. The molecule has 2 heterocycles. The van der Waals surface area contributed by atoms with E-state index in [-0.39, 0.29) is 6.04 Å². The van der Waals surface area contributed by atoms with Crippen LogP contribution in [0.1, 0.15) is 33.6 Å². The second-order valence-corrected chi connectivity index (χ2v) is 6.14. The van der Waals surface area contributed by atoms with Crippen molar-refractivity contribution in [3.8, 4) is 0 Å². The monoisotopic (exact) mass is 268 g/mol. The third-order valence-corrected chi connectivity index (χ3v) is 4.22. The van der Waals surface area contributed by atoms with E-state index in [9.17, 15) is 0 Å². The van der Waals surface area contributed by atoms with E-state index in [2.05, 4.69) is 27.6 Å². The summed E-state index contributed by atoms with van der Waals surface area (Å²) >= 11 is 3.34. The van der Waals surface area contributed by atoms with E-state index >= 15 is 0 Å². The highest BCUT2D eigenvalue weighted by Gasteiger charge is 2.06. The summed E-state index contributed by atoms with van der Waals surface area (Å²) in [6.45, 7) is 5.58. The van der Waals surface area contributed by atoms with Gasteiger partial charge in [-0.05, 0) is 13.8 Å². The van der Waals surface area contributed by atoms with E-state index in [0.717, 1.165) is 28.8 Å². The summed E-state index contributed by atoms with van der Waals surface area (Å²) in [5, 5.41) is 7.50. The van der Waals surface area contributed by atoms with Crippen LogP contribution in [0.4, 0.5) is 0 Å². The van der Waals surface area contributed by atoms with Crippen LogP contribution >= 0.6 is 22.7 Å². The molecule has 17 heavy (non-hydrogen) atoms. The van der Waals surface area contributed by atoms with Gasteiger partial charge in [0, 0.05) is 29.5 Å². The molecule has 0 amide bonds. The van der Waals surface area contributed by atoms with Crippen LogP contribution in [0.2, 0.25) is 0 Å². The molecule has 6 heteroatoms. The zero-order valence-electron chi connectivity index (χ0n) is 9.93. The van der Waals surface area contributed by atoms with Gasteiger partial charge in [-0.3, -0.25) is 0 Å². The third kappa shape index (κ3) is 3.57. The molecule has 2 aromatic heterocycles. The van der Waals surface area contributed by atoms with Gasteiger partial charge in [-0.2, -0.15) is 0 Å². The molecule has 0 saturated carbocycles. The Morgan fingerprint density at radius 2 is 2.29 bits per heavy atom. The predicted molar refractivity (Wildman–Crippen MR) is 72.1 cm³/mol. The molecule has 0 saturated heterocycles. The molecule has 92 valence electrons. The lowest BCUT2D eigenvalue weighted by atomic mass is 10.4. The van der Waals surface area contributed by atoms with Gasteiger partial charge in [0.1, 0.15) is 10.0 Å². The molecule has 2 aromatic rings. The molecule has 0 aliphatic heterocycles. The maximum atomic E-state index is 5.77. The van der Waals surface area contributed by atoms with Crippen molar-refractivity contribution >= 4 is 22.7 Å². The fourth-order valence-corrected chi connectivity index (χ4v) is 2.93. The molecule has 0 aliphatic carbocycles. The first-order chi connectivity index (χ1) is 8.15. The van der Waals surface area contributed by atoms with Crippen molar-refractivity contribution in [1.82, 2.24) is 15.3 Å². The quantitative estimate of drug-likeness (QED) is 0.872. The molecule has 0 spiro atoms. The molecule has 1 unspecified atom stereocenters. The number of aromatic nitrogens is 2. The number of nitrogens with one attached hydrogen (secondary N) is 1. The van der Waals surface area contributed by atoms with Crippen LogP contribution < -0.4 is 11.1 Å². The van der Waals surface area contributed by atoms with E-state index in [1.54, 1.807) is 22.7 Å². The number of hydrogen-bond donors (Lipinski definition) is 2. The van der Waals surface area contributed by atoms with Gasteiger partial charge in [-0.15, -0.1) is 22.7 Å². The summed E-state index contributed by atoms with van der Waals surface area (Å²) in [5.41, 5.74) is 6.82. The first-order valence-corrected chi connectivity index (χ1v) is 7.16. The van der Waals surface area contributed by atoms with Gasteiger partial charge in [-0.1, -0.05) is 0 Å². The maximum absolute atomic E-state index is 5.77. The highest BCUT2D eigenvalue weighted by molar-refractivity contribution is 7.11. The Balaban J connectivity index is 1.81. The summed E-state index contributed by atoms with van der Waals surface area (Å²) in [5.74, 6) is 0. The van der Waals surface area contributed by atoms with Crippen LogP contribution in [-0.4, -0.2) is 9.97 Å². The fourth-order valence-electron chi connectivity index (χ4n) is 1.39. The zero-order chi connectivity index (χ0) is 12.3. The Hall–Kier alpha value is -0.820. The highest BCUT2D eigenvalue weighted by atomic mass is 32.1. The largest absolute Gasteiger partial charge is 0.322 e. The smallest absolute Gasteiger partial charge is 0.109 e. The fraction of sp³-hybridized carbons (Fsp3) is 0.455. The van der Waals surface area contributed by atoms with Gasteiger partial charge in [0.25, 0.3) is 0 Å². The second kappa shape index (κ2) is 5.68. The molecular formula is C11H16N4S2. The molecule has 0 aromatic carbocycles. The van der Waals surface area contributed by atoms with Crippen molar-refractivity contribution in [2.75, 3.05) is 0 Å². The summed E-state index contributed by atoms with van der Waals surface area (Å²) in [6.07, 6.45) is 1.90. The predicted octanol–water partition coefficient (Wildman–Crippen LogP) is 2.22. The summed E-state index contributed by atoms with van der Waals surface area (Å²) in [6, 6.07) is 0.0235. The maximum Gasteiger partial charge on any atom is 0.109 e. The third-order valence-electron chi connectivity index (χ3n) is 2.21. The minimum Gasteiger partial charge on any atom is -0.322 e. The van der Waals surface area contributed by atoms with Crippen molar-refractivity contribution < 1.29 is 0 Å². The summed E-state index contributed by atoms with van der Waals surface area (Å²) in [4.78, 5) is 10.0. The van der Waals surface area contributed by atoms with Gasteiger partial charge in [-0.25, -0.2) is 9.97 Å². The average Bonchev–Trinajstić information content (AvgIpc) is 2.88. The molecule has 3 N–H and O–H groups in total. The summed E-state index contributed by atoms with van der Waals surface area (Å²) in [7, 11) is 0. The number of hydrogen-bond acceptors (Lipinski definition) is 6. The number of rotatable bonds is 5. The van der Waals surface area contributed by atoms with Crippen LogP contribution in [-0.2, 0) is 13.1 Å². The lowest BCUT2D eigenvalue weighted by Gasteiger charge is -2.00. The molecule has 2 rings (SSSR count). The first kappa shape index (κ1) is 12.6. The van der Waals surface area contributed by atoms with E-state index in [4.69, 9.17) is 5.73 Å². The molecule has 4 nitrogen and oxygen atoms in total. The number of nitrogens with zero attached hydrogens (tertiary/aromatic N) is 2. The Morgan fingerprint density at radius 3 is 2.88 bits per heavy atom. The van der Waals surface area contributed by atoms with Crippen molar-refractivity contribution in [2.45, 2.75) is 33.0 Å². The Labute approximate surface area is 109 Å². The average molecular weight is 268 g/mol. The van der Waals surface area contributed by atoms with Gasteiger partial charge in [0.05, 0.1) is 11.7 Å². The van der Waals surface area contributed by atoms with Crippen LogP contribution in [0, 0.1) is 6.92 Å². The van der Waals surface area contributed by atoms with Gasteiger partial charge >= 0.3 is 0 Å². The highest BCUT2D eigenvalue weighted by Crippen LogP contribution is 2.16. The standard InChI is InChI=1S/C11H16N4S2/c1-7-3-14-10(17-7)5-13-4-9-6-16-11(15-9)8(2)12/h3,6,8,13H,4-5,12H2,1-2H3. The van der Waals surface area contributed by atoms with E-state index in [1.807, 2.05) is 13.1 Å². The summed E-state index contributed by atoms with van der Waals surface area (Å²) < 4.78 is 0. The van der Waals surface area contributed by atoms with Gasteiger partial charge in [0.15, 0.2) is 0 Å². The lowest BCUT2D eigenvalue weighted by molar-refractivity contribution is 0.674. The van der Waals surface area contributed by atoms with E-state index < -0.39 is 0 Å². The SMILES string of the molecule is Cc1cnc(CNCc2csc(C(C)N)n2)s1. The molecule has 0 radical (unpaired) electrons. The van der Waals surface area contributed by atoms with Crippen LogP contribution in [0.25, 0.3) is 0 Å². The molecule has 0 bridgehead atoms. The van der Waals surface area contributed by atoms with Crippen LogP contribution in [0.3, 0.4) is 0 Å². The van der Waals surface area contributed by atoms with Gasteiger partial charge in [0.2, 0.25) is 0 Å². The minimum absolute atomic E-state index is 0.0235. The van der Waals surface area contributed by atoms with Crippen LogP contribution in [0.15, 0.2) is 11.6 Å². The molecule has 1 atom stereocenters. The Morgan fingerprint density at radius 1 is 1.47 bits per heavy atom. The number of thiazole rings is 2. The van der Waals surface area contributed by atoms with Crippen LogP contribution in [0.5, 0.6) is 0 Å². The van der Waals surface area contributed by atoms with E-state index in [1.165, 1.54) is 4.88 Å². The van der Waals surface area contributed by atoms with E-state index in [0.29, 0.717) is 0 Å². The Kier molecular flexibility index (Phi) is 4.22. The van der Waals surface area contributed by atoms with Crippen molar-refractivity contribution in [3.05, 3.63) is 32.2 Å². The van der Waals surface area contributed by atoms with Crippen molar-refractivity contribution in [2.24, 2.45) is 5.73 Å². The topological polar surface area (TPSA) is 63.8 Å². The lowest BCUT2D eigenvalue weighted by Crippen LogP contribution is -2.13. The van der Waals surface area contributed by atoms with Gasteiger partial charge < -0.3 is 11.1 Å². The molecule has 0 fully saturated rings. The number of aryl methyl sites for hydroxylation is 1. The normalized spacial score (nSPS) is 12.9. The van der Waals surface area contributed by atoms with Crippen molar-refractivity contribution in [3.63, 3.8) is 0 Å².